The molecule has 2 aromatic rings. The normalized spacial score (nSPS) is 10.4. The fraction of sp³-hybridized carbons (Fsp3) is 0.167. The van der Waals surface area contributed by atoms with Crippen LogP contribution in [-0.4, -0.2) is 10.4 Å². The maximum Gasteiger partial charge on any atom is 0.258 e. The molecule has 0 amide bonds. The van der Waals surface area contributed by atoms with Gasteiger partial charge >= 0.3 is 0 Å². The van der Waals surface area contributed by atoms with Crippen LogP contribution in [0.1, 0.15) is 21.6 Å². The van der Waals surface area contributed by atoms with Crippen LogP contribution in [-0.2, 0) is 0 Å². The Hall–Kier alpha value is -1.61. The van der Waals surface area contributed by atoms with Gasteiger partial charge < -0.3 is 4.52 Å². The van der Waals surface area contributed by atoms with Crippen LogP contribution in [0.5, 0.6) is 0 Å². The Balaban J connectivity index is 2.56. The monoisotopic (exact) mass is 235 g/mol. The summed E-state index contributed by atoms with van der Waals surface area (Å²) in [5.74, 6) is 0.428. The number of hydrogen-bond acceptors (Lipinski definition) is 3. The lowest BCUT2D eigenvalue weighted by Gasteiger charge is -1.98. The van der Waals surface area contributed by atoms with Crippen molar-refractivity contribution in [1.82, 2.24) is 5.16 Å². The highest BCUT2D eigenvalue weighted by Crippen LogP contribution is 2.27. The average molecular weight is 236 g/mol. The van der Waals surface area contributed by atoms with Crippen LogP contribution in [0, 0.1) is 13.8 Å². The Bertz CT molecular complexity index is 528. The number of aromatic nitrogens is 1. The van der Waals surface area contributed by atoms with E-state index in [4.69, 9.17) is 16.1 Å². The molecule has 0 bridgehead atoms. The first-order valence-corrected chi connectivity index (χ1v) is 5.20. The third-order valence-electron chi connectivity index (χ3n) is 2.37. The highest BCUT2D eigenvalue weighted by atomic mass is 35.5. The van der Waals surface area contributed by atoms with E-state index in [-0.39, 0.29) is 0 Å². The number of hydrogen-bond donors (Lipinski definition) is 0. The van der Waals surface area contributed by atoms with Gasteiger partial charge in [-0.15, -0.1) is 0 Å². The van der Waals surface area contributed by atoms with Crippen molar-refractivity contribution in [3.05, 3.63) is 41.1 Å². The number of halogens is 1. The van der Waals surface area contributed by atoms with Gasteiger partial charge in [0.05, 0.1) is 5.69 Å². The van der Waals surface area contributed by atoms with Gasteiger partial charge in [-0.25, -0.2) is 0 Å². The molecule has 1 heterocycles. The Morgan fingerprint density at radius 2 is 1.88 bits per heavy atom. The van der Waals surface area contributed by atoms with Crippen molar-refractivity contribution in [2.75, 3.05) is 0 Å². The number of aryl methyl sites for hydroxylation is 2. The standard InChI is InChI=1S/C12H10ClNO2/c1-7-3-5-9(6-4-7)11-10(12(13)15)8(2)14-16-11/h3-6H,1-2H3. The molecule has 16 heavy (non-hydrogen) atoms. The molecule has 0 saturated carbocycles. The molecule has 0 radical (unpaired) electrons. The predicted molar refractivity (Wildman–Crippen MR) is 61.6 cm³/mol. The first kappa shape index (κ1) is 10.9. The molecule has 0 aliphatic rings. The van der Waals surface area contributed by atoms with E-state index in [0.717, 1.165) is 11.1 Å². The molecular formula is C12H10ClNO2. The van der Waals surface area contributed by atoms with Gasteiger partial charge in [-0.05, 0) is 25.4 Å². The zero-order valence-electron chi connectivity index (χ0n) is 8.95. The highest BCUT2D eigenvalue weighted by Gasteiger charge is 2.19. The lowest BCUT2D eigenvalue weighted by Crippen LogP contribution is -1.92. The molecular weight excluding hydrogens is 226 g/mol. The minimum absolute atomic E-state index is 0.338. The number of carbonyl (C=O) groups is 1. The van der Waals surface area contributed by atoms with Gasteiger partial charge in [0.25, 0.3) is 5.24 Å². The summed E-state index contributed by atoms with van der Waals surface area (Å²) in [6, 6.07) is 7.63. The minimum Gasteiger partial charge on any atom is -0.355 e. The Morgan fingerprint density at radius 1 is 1.25 bits per heavy atom. The summed E-state index contributed by atoms with van der Waals surface area (Å²) in [7, 11) is 0. The van der Waals surface area contributed by atoms with Crippen LogP contribution in [0.3, 0.4) is 0 Å². The molecule has 3 nitrogen and oxygen atoms in total. The Kier molecular flexibility index (Phi) is 2.79. The second kappa shape index (κ2) is 4.10. The molecule has 2 rings (SSSR count). The molecule has 0 aliphatic heterocycles. The number of benzene rings is 1. The van der Waals surface area contributed by atoms with E-state index in [1.54, 1.807) is 6.92 Å². The summed E-state index contributed by atoms with van der Waals surface area (Å²) in [6.07, 6.45) is 0. The van der Waals surface area contributed by atoms with Crippen LogP contribution in [0.2, 0.25) is 0 Å². The maximum atomic E-state index is 11.3. The van der Waals surface area contributed by atoms with Crippen LogP contribution in [0.25, 0.3) is 11.3 Å². The average Bonchev–Trinajstić information content (AvgIpc) is 2.61. The third kappa shape index (κ3) is 1.86. The van der Waals surface area contributed by atoms with Crippen molar-refractivity contribution in [3.63, 3.8) is 0 Å². The molecule has 0 fully saturated rings. The van der Waals surface area contributed by atoms with Crippen LogP contribution >= 0.6 is 11.6 Å². The van der Waals surface area contributed by atoms with Crippen molar-refractivity contribution < 1.29 is 9.32 Å². The van der Waals surface area contributed by atoms with Crippen LogP contribution in [0.4, 0.5) is 0 Å². The third-order valence-corrected chi connectivity index (χ3v) is 2.56. The van der Waals surface area contributed by atoms with E-state index in [9.17, 15) is 4.79 Å². The maximum absolute atomic E-state index is 11.3. The molecule has 4 heteroatoms. The Labute approximate surface area is 98.0 Å². The van der Waals surface area contributed by atoms with Crippen LogP contribution in [0.15, 0.2) is 28.8 Å². The summed E-state index contributed by atoms with van der Waals surface area (Å²) >= 11 is 5.50. The van der Waals surface area contributed by atoms with Gasteiger partial charge in [-0.3, -0.25) is 4.79 Å². The summed E-state index contributed by atoms with van der Waals surface area (Å²) < 4.78 is 5.13. The quantitative estimate of drug-likeness (QED) is 0.750. The lowest BCUT2D eigenvalue weighted by molar-refractivity contribution is 0.108. The SMILES string of the molecule is Cc1ccc(-c2onc(C)c2C(=O)Cl)cc1. The van der Waals surface area contributed by atoms with Gasteiger partial charge in [0.15, 0.2) is 5.76 Å². The second-order valence-electron chi connectivity index (χ2n) is 3.61. The first-order valence-electron chi connectivity index (χ1n) is 4.82. The predicted octanol–water partition coefficient (Wildman–Crippen LogP) is 3.34. The second-order valence-corrected chi connectivity index (χ2v) is 3.96. The minimum atomic E-state index is -0.547. The molecule has 0 aliphatic carbocycles. The molecule has 1 aromatic carbocycles. The van der Waals surface area contributed by atoms with Gasteiger partial charge in [-0.2, -0.15) is 0 Å². The number of rotatable bonds is 2. The number of carbonyl (C=O) groups excluding carboxylic acids is 1. The van der Waals surface area contributed by atoms with Crippen molar-refractivity contribution in [2.24, 2.45) is 0 Å². The first-order chi connectivity index (χ1) is 7.59. The molecule has 1 aromatic heterocycles. The molecule has 0 spiro atoms. The van der Waals surface area contributed by atoms with Gasteiger partial charge in [0.2, 0.25) is 0 Å². The van der Waals surface area contributed by atoms with Crippen molar-refractivity contribution >= 4 is 16.8 Å². The smallest absolute Gasteiger partial charge is 0.258 e. The summed E-state index contributed by atoms with van der Waals surface area (Å²) in [5.41, 5.74) is 2.79. The van der Waals surface area contributed by atoms with E-state index in [1.807, 2.05) is 31.2 Å². The largest absolute Gasteiger partial charge is 0.355 e. The van der Waals surface area contributed by atoms with E-state index >= 15 is 0 Å². The molecule has 0 unspecified atom stereocenters. The van der Waals surface area contributed by atoms with Gasteiger partial charge in [-0.1, -0.05) is 35.0 Å². The topological polar surface area (TPSA) is 43.1 Å². The fourth-order valence-corrected chi connectivity index (χ4v) is 1.73. The summed E-state index contributed by atoms with van der Waals surface area (Å²) in [6.45, 7) is 3.68. The summed E-state index contributed by atoms with van der Waals surface area (Å²) in [5, 5.41) is 3.21. The number of nitrogens with zero attached hydrogens (tertiary/aromatic N) is 1. The van der Waals surface area contributed by atoms with Crippen molar-refractivity contribution in [2.45, 2.75) is 13.8 Å². The van der Waals surface area contributed by atoms with E-state index in [1.165, 1.54) is 0 Å². The van der Waals surface area contributed by atoms with E-state index in [0.29, 0.717) is 17.0 Å². The lowest BCUT2D eigenvalue weighted by atomic mass is 10.1. The van der Waals surface area contributed by atoms with Crippen LogP contribution < -0.4 is 0 Å². The van der Waals surface area contributed by atoms with Gasteiger partial charge in [0, 0.05) is 5.56 Å². The van der Waals surface area contributed by atoms with Crippen molar-refractivity contribution in [3.8, 4) is 11.3 Å². The Morgan fingerprint density at radius 3 is 2.44 bits per heavy atom. The summed E-state index contributed by atoms with van der Waals surface area (Å²) in [4.78, 5) is 11.3. The van der Waals surface area contributed by atoms with E-state index < -0.39 is 5.24 Å². The van der Waals surface area contributed by atoms with Gasteiger partial charge in [0.1, 0.15) is 5.56 Å². The highest BCUT2D eigenvalue weighted by molar-refractivity contribution is 6.68. The molecule has 0 N–H and O–H groups in total. The van der Waals surface area contributed by atoms with E-state index in [2.05, 4.69) is 5.16 Å². The molecule has 0 saturated heterocycles. The molecule has 0 atom stereocenters. The van der Waals surface area contributed by atoms with Crippen molar-refractivity contribution in [1.29, 1.82) is 0 Å². The zero-order valence-corrected chi connectivity index (χ0v) is 9.71. The fourth-order valence-electron chi connectivity index (χ4n) is 1.50. The molecule has 82 valence electrons. The zero-order chi connectivity index (χ0) is 11.7.